The fourth-order valence-corrected chi connectivity index (χ4v) is 2.74. The van der Waals surface area contributed by atoms with E-state index >= 15 is 0 Å². The van der Waals surface area contributed by atoms with Gasteiger partial charge in [-0.15, -0.1) is 11.3 Å². The van der Waals surface area contributed by atoms with Crippen LogP contribution in [0, 0.1) is 11.3 Å². The molecule has 8 heteroatoms. The largest absolute Gasteiger partial charge is 0.358 e. The van der Waals surface area contributed by atoms with Crippen molar-refractivity contribution in [2.75, 3.05) is 0 Å². The normalized spacial score (nSPS) is 11.9. The van der Waals surface area contributed by atoms with Crippen LogP contribution >= 0.6 is 11.3 Å². The minimum atomic E-state index is -3.94. The molecule has 0 spiro atoms. The molecule has 0 fully saturated rings. The van der Waals surface area contributed by atoms with Gasteiger partial charge in [-0.25, -0.2) is 4.98 Å². The van der Waals surface area contributed by atoms with E-state index in [1.165, 1.54) is 23.5 Å². The van der Waals surface area contributed by atoms with Gasteiger partial charge in [0, 0.05) is 5.38 Å². The summed E-state index contributed by atoms with van der Waals surface area (Å²) in [4.78, 5) is 3.98. The Hall–Kier alpha value is -2.24. The Balaban J connectivity index is 2.19. The molecular formula is C12H9N3O3S2. The monoisotopic (exact) mass is 307 g/mol. The van der Waals surface area contributed by atoms with Crippen LogP contribution in [0.15, 0.2) is 45.8 Å². The van der Waals surface area contributed by atoms with Crippen molar-refractivity contribution in [3.05, 3.63) is 46.4 Å². The maximum Gasteiger partial charge on any atom is 0.358 e. The van der Waals surface area contributed by atoms with E-state index in [9.17, 15) is 8.42 Å². The minimum absolute atomic E-state index is 0.0217. The number of nitriles is 1. The quantitative estimate of drug-likeness (QED) is 0.637. The number of hydrogen-bond donors (Lipinski definition) is 0. The van der Waals surface area contributed by atoms with Crippen LogP contribution in [-0.2, 0) is 14.4 Å². The zero-order valence-corrected chi connectivity index (χ0v) is 12.0. The standard InChI is InChI=1S/C12H9N3O3S2/c1-9(12-14-10(7-13)8-19-12)15-18-20(16,17)11-5-3-2-4-6-11/h2-6,8H,1H3. The summed E-state index contributed by atoms with van der Waals surface area (Å²) in [5, 5.41) is 14.2. The van der Waals surface area contributed by atoms with Crippen LogP contribution in [0.25, 0.3) is 0 Å². The van der Waals surface area contributed by atoms with Crippen LogP contribution in [0.2, 0.25) is 0 Å². The zero-order chi connectivity index (χ0) is 14.6. The van der Waals surface area contributed by atoms with E-state index in [2.05, 4.69) is 14.4 Å². The van der Waals surface area contributed by atoms with E-state index in [0.29, 0.717) is 5.01 Å². The Labute approximate surface area is 120 Å². The van der Waals surface area contributed by atoms with Crippen molar-refractivity contribution in [1.29, 1.82) is 5.26 Å². The van der Waals surface area contributed by atoms with Crippen molar-refractivity contribution < 1.29 is 12.7 Å². The van der Waals surface area contributed by atoms with Gasteiger partial charge in [0.25, 0.3) is 0 Å². The van der Waals surface area contributed by atoms with Crippen molar-refractivity contribution in [2.45, 2.75) is 11.8 Å². The first-order chi connectivity index (χ1) is 9.53. The van der Waals surface area contributed by atoms with E-state index in [0.717, 1.165) is 0 Å². The highest BCUT2D eigenvalue weighted by atomic mass is 32.2. The third kappa shape index (κ3) is 3.20. The number of oxime groups is 1. The lowest BCUT2D eigenvalue weighted by atomic mass is 10.4. The number of nitrogens with zero attached hydrogens (tertiary/aromatic N) is 3. The van der Waals surface area contributed by atoms with Crippen LogP contribution in [-0.4, -0.2) is 19.1 Å². The Morgan fingerprint density at radius 2 is 2.10 bits per heavy atom. The second-order valence-electron chi connectivity index (χ2n) is 3.67. The molecule has 20 heavy (non-hydrogen) atoms. The van der Waals surface area contributed by atoms with E-state index in [4.69, 9.17) is 5.26 Å². The molecule has 2 rings (SSSR count). The molecule has 0 aliphatic rings. The summed E-state index contributed by atoms with van der Waals surface area (Å²) in [6.07, 6.45) is 0. The van der Waals surface area contributed by atoms with Gasteiger partial charge < -0.3 is 0 Å². The van der Waals surface area contributed by atoms with Crippen molar-refractivity contribution in [3.8, 4) is 6.07 Å². The molecule has 1 aromatic heterocycles. The summed E-state index contributed by atoms with van der Waals surface area (Å²) in [5.41, 5.74) is 0.543. The molecule has 0 bridgehead atoms. The lowest BCUT2D eigenvalue weighted by molar-refractivity contribution is 0.339. The number of hydrogen-bond acceptors (Lipinski definition) is 7. The fourth-order valence-electron chi connectivity index (χ4n) is 1.27. The molecule has 0 atom stereocenters. The predicted molar refractivity (Wildman–Crippen MR) is 73.8 cm³/mol. The second-order valence-corrected chi connectivity index (χ2v) is 6.05. The molecular weight excluding hydrogens is 298 g/mol. The molecule has 102 valence electrons. The topological polar surface area (TPSA) is 92.4 Å². The molecule has 0 unspecified atom stereocenters. The number of benzene rings is 1. The van der Waals surface area contributed by atoms with Crippen LogP contribution in [0.5, 0.6) is 0 Å². The first-order valence-electron chi connectivity index (χ1n) is 5.42. The Kier molecular flexibility index (Phi) is 4.12. The Bertz CT molecular complexity index is 774. The maximum atomic E-state index is 11.8. The van der Waals surface area contributed by atoms with E-state index in [1.54, 1.807) is 30.5 Å². The van der Waals surface area contributed by atoms with Crippen LogP contribution in [0.3, 0.4) is 0 Å². The van der Waals surface area contributed by atoms with Crippen LogP contribution in [0.1, 0.15) is 17.6 Å². The first-order valence-corrected chi connectivity index (χ1v) is 7.71. The van der Waals surface area contributed by atoms with E-state index < -0.39 is 10.1 Å². The average Bonchev–Trinajstić information content (AvgIpc) is 2.95. The van der Waals surface area contributed by atoms with Gasteiger partial charge in [-0.1, -0.05) is 23.4 Å². The molecule has 0 amide bonds. The summed E-state index contributed by atoms with van der Waals surface area (Å²) >= 11 is 1.19. The lowest BCUT2D eigenvalue weighted by Crippen LogP contribution is -2.04. The van der Waals surface area contributed by atoms with Crippen molar-refractivity contribution in [2.24, 2.45) is 5.16 Å². The first kappa shape index (κ1) is 14.2. The predicted octanol–water partition coefficient (Wildman–Crippen LogP) is 2.14. The molecule has 2 aromatic rings. The van der Waals surface area contributed by atoms with Gasteiger partial charge in [0.1, 0.15) is 21.7 Å². The SMILES string of the molecule is CC(=NOS(=O)(=O)c1ccccc1)c1nc(C#N)cs1. The van der Waals surface area contributed by atoms with Gasteiger partial charge in [-0.05, 0) is 19.1 Å². The van der Waals surface area contributed by atoms with Crippen molar-refractivity contribution >= 4 is 27.2 Å². The summed E-state index contributed by atoms with van der Waals surface area (Å²) in [6, 6.07) is 9.59. The van der Waals surface area contributed by atoms with Gasteiger partial charge >= 0.3 is 10.1 Å². The molecule has 0 saturated heterocycles. The number of rotatable bonds is 4. The highest BCUT2D eigenvalue weighted by Crippen LogP contribution is 2.14. The van der Waals surface area contributed by atoms with E-state index in [-0.39, 0.29) is 16.3 Å². The van der Waals surface area contributed by atoms with Crippen LogP contribution < -0.4 is 0 Å². The van der Waals surface area contributed by atoms with Crippen molar-refractivity contribution in [1.82, 2.24) is 4.98 Å². The third-order valence-electron chi connectivity index (χ3n) is 2.23. The maximum absolute atomic E-state index is 11.8. The summed E-state index contributed by atoms with van der Waals surface area (Å²) < 4.78 is 28.3. The molecule has 0 saturated carbocycles. The second kappa shape index (κ2) is 5.81. The van der Waals surface area contributed by atoms with Gasteiger partial charge in [-0.3, -0.25) is 4.28 Å². The lowest BCUT2D eigenvalue weighted by Gasteiger charge is -2.01. The molecule has 0 N–H and O–H groups in total. The highest BCUT2D eigenvalue weighted by Gasteiger charge is 2.15. The fraction of sp³-hybridized carbons (Fsp3) is 0.0833. The van der Waals surface area contributed by atoms with Crippen molar-refractivity contribution in [3.63, 3.8) is 0 Å². The van der Waals surface area contributed by atoms with Gasteiger partial charge in [0.05, 0.1) is 0 Å². The minimum Gasteiger partial charge on any atom is -0.264 e. The molecule has 1 aromatic carbocycles. The summed E-state index contributed by atoms with van der Waals surface area (Å²) in [6.45, 7) is 1.56. The molecule has 0 aliphatic carbocycles. The van der Waals surface area contributed by atoms with E-state index in [1.807, 2.05) is 6.07 Å². The average molecular weight is 307 g/mol. The molecule has 0 radical (unpaired) electrons. The third-order valence-corrected chi connectivity index (χ3v) is 4.30. The molecule has 0 aliphatic heterocycles. The summed E-state index contributed by atoms with van der Waals surface area (Å²) in [7, 11) is -3.94. The molecule has 6 nitrogen and oxygen atoms in total. The van der Waals surface area contributed by atoms with Gasteiger partial charge in [-0.2, -0.15) is 13.7 Å². The summed E-state index contributed by atoms with van der Waals surface area (Å²) in [5.74, 6) is 0. The Morgan fingerprint density at radius 3 is 2.70 bits per heavy atom. The number of thiazole rings is 1. The Morgan fingerprint density at radius 1 is 1.40 bits per heavy atom. The number of aromatic nitrogens is 1. The zero-order valence-electron chi connectivity index (χ0n) is 10.3. The van der Waals surface area contributed by atoms with Gasteiger partial charge in [0.15, 0.2) is 5.69 Å². The van der Waals surface area contributed by atoms with Crippen LogP contribution in [0.4, 0.5) is 0 Å². The van der Waals surface area contributed by atoms with Gasteiger partial charge in [0.2, 0.25) is 0 Å². The highest BCUT2D eigenvalue weighted by molar-refractivity contribution is 7.86. The molecule has 1 heterocycles. The smallest absolute Gasteiger partial charge is 0.264 e.